The average Bonchev–Trinajstić information content (AvgIpc) is 3.13. The molecule has 5 rings (SSSR count). The van der Waals surface area contributed by atoms with Crippen molar-refractivity contribution in [1.82, 2.24) is 15.3 Å². The van der Waals surface area contributed by atoms with Gasteiger partial charge in [0.2, 0.25) is 0 Å². The molecule has 0 unspecified atom stereocenters. The van der Waals surface area contributed by atoms with Gasteiger partial charge in [-0.25, -0.2) is 4.98 Å². The fraction of sp³-hybridized carbons (Fsp3) is 0.130. The second kappa shape index (κ2) is 6.23. The molecule has 0 saturated heterocycles. The number of hydrogen-bond donors (Lipinski definition) is 3. The fourth-order valence-electron chi connectivity index (χ4n) is 3.93. The molecule has 0 radical (unpaired) electrons. The molecule has 0 bridgehead atoms. The standard InChI is InChI=1S/C23H20N4O/c1-13-11-15(24)6-7-16(13)19-8-5-14-3-2-4-17(22(14)27-19)21-12-18-20(26-21)9-10-25-23(18)28/h2-8,11-12,26H,9-10,24H2,1H3,(H,25,28). The molecule has 1 aliphatic rings. The molecule has 0 atom stereocenters. The first-order chi connectivity index (χ1) is 13.6. The number of anilines is 1. The number of nitrogens with one attached hydrogen (secondary N) is 2. The molecule has 138 valence electrons. The summed E-state index contributed by atoms with van der Waals surface area (Å²) in [6.45, 7) is 2.71. The van der Waals surface area contributed by atoms with Crippen LogP contribution in [0.3, 0.4) is 0 Å². The van der Waals surface area contributed by atoms with E-state index in [9.17, 15) is 4.79 Å². The number of hydrogen-bond acceptors (Lipinski definition) is 3. The summed E-state index contributed by atoms with van der Waals surface area (Å²) < 4.78 is 0. The smallest absolute Gasteiger partial charge is 0.253 e. The van der Waals surface area contributed by atoms with E-state index in [4.69, 9.17) is 10.7 Å². The highest BCUT2D eigenvalue weighted by molar-refractivity contribution is 6.00. The molecule has 1 amide bonds. The Kier molecular flexibility index (Phi) is 3.69. The third kappa shape index (κ3) is 2.63. The van der Waals surface area contributed by atoms with Crippen molar-refractivity contribution in [1.29, 1.82) is 0 Å². The lowest BCUT2D eigenvalue weighted by Crippen LogP contribution is -2.31. The minimum absolute atomic E-state index is 0.0184. The van der Waals surface area contributed by atoms with Crippen LogP contribution in [0.15, 0.2) is 54.6 Å². The first-order valence-electron chi connectivity index (χ1n) is 9.37. The van der Waals surface area contributed by atoms with Gasteiger partial charge in [0.05, 0.1) is 16.8 Å². The molecule has 0 spiro atoms. The zero-order valence-corrected chi connectivity index (χ0v) is 15.5. The van der Waals surface area contributed by atoms with Crippen LogP contribution >= 0.6 is 0 Å². The summed E-state index contributed by atoms with van der Waals surface area (Å²) in [5.41, 5.74) is 14.3. The summed E-state index contributed by atoms with van der Waals surface area (Å²) in [6, 6.07) is 18.1. The van der Waals surface area contributed by atoms with Crippen molar-refractivity contribution in [3.8, 4) is 22.5 Å². The number of rotatable bonds is 2. The van der Waals surface area contributed by atoms with E-state index in [1.54, 1.807) is 0 Å². The highest BCUT2D eigenvalue weighted by Crippen LogP contribution is 2.32. The Morgan fingerprint density at radius 2 is 1.89 bits per heavy atom. The highest BCUT2D eigenvalue weighted by Gasteiger charge is 2.21. The number of pyridine rings is 1. The molecule has 0 aliphatic carbocycles. The SMILES string of the molecule is Cc1cc(N)ccc1-c1ccc2cccc(-c3cc4c([nH]3)CCNC4=O)c2n1. The number of carbonyl (C=O) groups is 1. The molecule has 5 heteroatoms. The number of fused-ring (bicyclic) bond motifs is 2. The van der Waals surface area contributed by atoms with E-state index in [1.807, 2.05) is 49.4 Å². The number of amides is 1. The Balaban J connectivity index is 1.69. The molecular weight excluding hydrogens is 348 g/mol. The molecule has 4 N–H and O–H groups in total. The van der Waals surface area contributed by atoms with Gasteiger partial charge < -0.3 is 16.0 Å². The van der Waals surface area contributed by atoms with Crippen molar-refractivity contribution in [3.63, 3.8) is 0 Å². The van der Waals surface area contributed by atoms with Gasteiger partial charge in [-0.05, 0) is 36.8 Å². The van der Waals surface area contributed by atoms with E-state index in [1.165, 1.54) is 0 Å². The number of benzene rings is 2. The van der Waals surface area contributed by atoms with Gasteiger partial charge in [-0.2, -0.15) is 0 Å². The van der Waals surface area contributed by atoms with Gasteiger partial charge in [0.25, 0.3) is 5.91 Å². The van der Waals surface area contributed by atoms with E-state index >= 15 is 0 Å². The van der Waals surface area contributed by atoms with Crippen LogP contribution in [0.2, 0.25) is 0 Å². The second-order valence-corrected chi connectivity index (χ2v) is 7.23. The Morgan fingerprint density at radius 1 is 1.00 bits per heavy atom. The van der Waals surface area contributed by atoms with Crippen LogP contribution < -0.4 is 11.1 Å². The third-order valence-electron chi connectivity index (χ3n) is 5.34. The van der Waals surface area contributed by atoms with E-state index in [0.29, 0.717) is 6.54 Å². The summed E-state index contributed by atoms with van der Waals surface area (Å²) in [4.78, 5) is 20.6. The van der Waals surface area contributed by atoms with Crippen LogP contribution in [0, 0.1) is 6.92 Å². The monoisotopic (exact) mass is 368 g/mol. The first-order valence-corrected chi connectivity index (χ1v) is 9.37. The van der Waals surface area contributed by atoms with Crippen molar-refractivity contribution >= 4 is 22.5 Å². The predicted octanol–water partition coefficient (Wildman–Crippen LogP) is 4.07. The molecule has 1 aliphatic heterocycles. The van der Waals surface area contributed by atoms with Crippen LogP contribution in [0.1, 0.15) is 21.6 Å². The average molecular weight is 368 g/mol. The molecule has 2 aromatic carbocycles. The predicted molar refractivity (Wildman–Crippen MR) is 112 cm³/mol. The number of carbonyl (C=O) groups excluding carboxylic acids is 1. The van der Waals surface area contributed by atoms with E-state index in [2.05, 4.69) is 22.4 Å². The summed E-state index contributed by atoms with van der Waals surface area (Å²) in [5.74, 6) is -0.0184. The first kappa shape index (κ1) is 16.6. The summed E-state index contributed by atoms with van der Waals surface area (Å²) in [7, 11) is 0. The zero-order chi connectivity index (χ0) is 19.3. The number of aromatic nitrogens is 2. The molecule has 2 aromatic heterocycles. The quantitative estimate of drug-likeness (QED) is 0.466. The topological polar surface area (TPSA) is 83.8 Å². The Morgan fingerprint density at radius 3 is 2.71 bits per heavy atom. The van der Waals surface area contributed by atoms with E-state index in [0.717, 1.165) is 62.3 Å². The number of nitrogens with two attached hydrogens (primary N) is 1. The minimum atomic E-state index is -0.0184. The molecule has 5 nitrogen and oxygen atoms in total. The van der Waals surface area contributed by atoms with Crippen LogP contribution in [0.4, 0.5) is 5.69 Å². The van der Waals surface area contributed by atoms with Gasteiger partial charge in [0.1, 0.15) is 0 Å². The maximum atomic E-state index is 12.1. The number of nitrogens with zero attached hydrogens (tertiary/aromatic N) is 1. The molecule has 4 aromatic rings. The molecular formula is C23H20N4O. The molecule has 0 saturated carbocycles. The third-order valence-corrected chi connectivity index (χ3v) is 5.34. The van der Waals surface area contributed by atoms with Crippen molar-refractivity contribution in [2.75, 3.05) is 12.3 Å². The van der Waals surface area contributed by atoms with Gasteiger partial charge >= 0.3 is 0 Å². The van der Waals surface area contributed by atoms with Crippen molar-refractivity contribution in [2.45, 2.75) is 13.3 Å². The van der Waals surface area contributed by atoms with Gasteiger partial charge in [-0.1, -0.05) is 30.3 Å². The summed E-state index contributed by atoms with van der Waals surface area (Å²) in [6.07, 6.45) is 0.815. The Bertz CT molecular complexity index is 1240. The summed E-state index contributed by atoms with van der Waals surface area (Å²) >= 11 is 0. The molecule has 0 fully saturated rings. The second-order valence-electron chi connectivity index (χ2n) is 7.23. The highest BCUT2D eigenvalue weighted by atomic mass is 16.1. The van der Waals surface area contributed by atoms with E-state index in [-0.39, 0.29) is 5.91 Å². The van der Waals surface area contributed by atoms with Gasteiger partial charge in [0, 0.05) is 46.6 Å². The van der Waals surface area contributed by atoms with Gasteiger partial charge in [0.15, 0.2) is 0 Å². The minimum Gasteiger partial charge on any atom is -0.399 e. The number of nitrogen functional groups attached to an aromatic ring is 1. The lowest BCUT2D eigenvalue weighted by Gasteiger charge is -2.11. The van der Waals surface area contributed by atoms with Crippen LogP contribution in [-0.2, 0) is 6.42 Å². The lowest BCUT2D eigenvalue weighted by molar-refractivity contribution is 0.0946. The normalized spacial score (nSPS) is 13.4. The van der Waals surface area contributed by atoms with Crippen molar-refractivity contribution in [3.05, 3.63) is 71.4 Å². The maximum absolute atomic E-state index is 12.1. The number of aromatic amines is 1. The number of H-pyrrole nitrogens is 1. The molecule has 28 heavy (non-hydrogen) atoms. The fourth-order valence-corrected chi connectivity index (χ4v) is 3.93. The number of aryl methyl sites for hydroxylation is 1. The van der Waals surface area contributed by atoms with Crippen molar-refractivity contribution < 1.29 is 4.79 Å². The zero-order valence-electron chi connectivity index (χ0n) is 15.5. The largest absolute Gasteiger partial charge is 0.399 e. The Labute approximate surface area is 162 Å². The van der Waals surface area contributed by atoms with E-state index < -0.39 is 0 Å². The maximum Gasteiger partial charge on any atom is 0.253 e. The van der Waals surface area contributed by atoms with Crippen LogP contribution in [-0.4, -0.2) is 22.4 Å². The van der Waals surface area contributed by atoms with Gasteiger partial charge in [-0.3, -0.25) is 4.79 Å². The summed E-state index contributed by atoms with van der Waals surface area (Å²) in [5, 5.41) is 3.96. The van der Waals surface area contributed by atoms with Crippen LogP contribution in [0.5, 0.6) is 0 Å². The molecule has 3 heterocycles. The van der Waals surface area contributed by atoms with Crippen molar-refractivity contribution in [2.24, 2.45) is 0 Å². The van der Waals surface area contributed by atoms with Gasteiger partial charge in [-0.15, -0.1) is 0 Å². The van der Waals surface area contributed by atoms with Crippen LogP contribution in [0.25, 0.3) is 33.4 Å². The Hall–Kier alpha value is -3.60. The lowest BCUT2D eigenvalue weighted by atomic mass is 10.0. The number of para-hydroxylation sites is 1.